The Bertz CT molecular complexity index is 588. The van der Waals surface area contributed by atoms with Crippen molar-refractivity contribution >= 4 is 16.9 Å². The molecule has 0 atom stereocenters. The van der Waals surface area contributed by atoms with Crippen molar-refractivity contribution in [3.05, 3.63) is 42.1 Å². The molecule has 1 heterocycles. The molecule has 0 saturated heterocycles. The van der Waals surface area contributed by atoms with Crippen molar-refractivity contribution in [1.82, 2.24) is 10.3 Å². The number of para-hydroxylation sites is 1. The summed E-state index contributed by atoms with van der Waals surface area (Å²) in [5, 5.41) is 13.3. The van der Waals surface area contributed by atoms with Gasteiger partial charge in [0.15, 0.2) is 0 Å². The predicted octanol–water partition coefficient (Wildman–Crippen LogP) is 2.44. The number of carboxylic acids is 1. The lowest BCUT2D eigenvalue weighted by Gasteiger charge is -2.19. The third kappa shape index (κ3) is 3.09. The van der Waals surface area contributed by atoms with E-state index in [1.807, 2.05) is 30.3 Å². The highest BCUT2D eigenvalue weighted by Crippen LogP contribution is 2.17. The van der Waals surface area contributed by atoms with E-state index in [4.69, 9.17) is 5.11 Å². The first kappa shape index (κ1) is 13.5. The van der Waals surface area contributed by atoms with Gasteiger partial charge in [-0.25, -0.2) is 0 Å². The molecule has 0 aliphatic carbocycles. The van der Waals surface area contributed by atoms with Crippen LogP contribution in [0.4, 0.5) is 0 Å². The molecule has 0 unspecified atom stereocenters. The van der Waals surface area contributed by atoms with Crippen LogP contribution < -0.4 is 5.32 Å². The second kappa shape index (κ2) is 5.36. The van der Waals surface area contributed by atoms with Crippen LogP contribution in [0.25, 0.3) is 10.9 Å². The fourth-order valence-electron chi connectivity index (χ4n) is 1.90. The molecule has 2 N–H and O–H groups in total. The van der Waals surface area contributed by atoms with Crippen molar-refractivity contribution in [2.45, 2.75) is 20.4 Å². The zero-order valence-corrected chi connectivity index (χ0v) is 11.2. The van der Waals surface area contributed by atoms with E-state index < -0.39 is 11.4 Å². The Labute approximate surface area is 112 Å². The quantitative estimate of drug-likeness (QED) is 0.864. The molecular formula is C15H18N2O2. The third-order valence-electron chi connectivity index (χ3n) is 3.18. The number of fused-ring (bicyclic) bond motifs is 1. The molecule has 0 amide bonds. The van der Waals surface area contributed by atoms with E-state index in [0.29, 0.717) is 13.1 Å². The number of carbonyl (C=O) groups is 1. The summed E-state index contributed by atoms with van der Waals surface area (Å²) in [5.74, 6) is -0.795. The Kier molecular flexibility index (Phi) is 3.81. The van der Waals surface area contributed by atoms with Crippen LogP contribution in [0.1, 0.15) is 19.4 Å². The molecule has 1 aromatic heterocycles. The number of carboxylic acid groups (broad SMARTS) is 1. The van der Waals surface area contributed by atoms with Crippen molar-refractivity contribution in [2.24, 2.45) is 5.41 Å². The van der Waals surface area contributed by atoms with Gasteiger partial charge in [-0.15, -0.1) is 0 Å². The van der Waals surface area contributed by atoms with E-state index in [9.17, 15) is 4.79 Å². The van der Waals surface area contributed by atoms with Gasteiger partial charge in [0, 0.05) is 24.7 Å². The smallest absolute Gasteiger partial charge is 0.310 e. The van der Waals surface area contributed by atoms with Gasteiger partial charge in [0.1, 0.15) is 0 Å². The van der Waals surface area contributed by atoms with Gasteiger partial charge >= 0.3 is 5.97 Å². The van der Waals surface area contributed by atoms with Gasteiger partial charge in [0.2, 0.25) is 0 Å². The summed E-state index contributed by atoms with van der Waals surface area (Å²) in [6.45, 7) is 4.46. The van der Waals surface area contributed by atoms with Gasteiger partial charge in [-0.05, 0) is 25.5 Å². The second-order valence-electron chi connectivity index (χ2n) is 5.28. The fourth-order valence-corrected chi connectivity index (χ4v) is 1.90. The van der Waals surface area contributed by atoms with Crippen molar-refractivity contribution in [3.63, 3.8) is 0 Å². The highest BCUT2D eigenvalue weighted by Gasteiger charge is 2.26. The van der Waals surface area contributed by atoms with Crippen LogP contribution in [0.15, 0.2) is 36.5 Å². The average Bonchev–Trinajstić information content (AvgIpc) is 2.38. The number of rotatable bonds is 5. The van der Waals surface area contributed by atoms with E-state index in [2.05, 4.69) is 10.3 Å². The third-order valence-corrected chi connectivity index (χ3v) is 3.18. The van der Waals surface area contributed by atoms with Crippen LogP contribution in [-0.2, 0) is 11.3 Å². The number of hydrogen-bond donors (Lipinski definition) is 2. The first-order valence-electron chi connectivity index (χ1n) is 6.27. The summed E-state index contributed by atoms with van der Waals surface area (Å²) in [5.41, 5.74) is 1.28. The Morgan fingerprint density at radius 1 is 1.32 bits per heavy atom. The van der Waals surface area contributed by atoms with E-state index >= 15 is 0 Å². The Morgan fingerprint density at radius 3 is 2.79 bits per heavy atom. The molecule has 0 radical (unpaired) electrons. The first-order chi connectivity index (χ1) is 9.00. The molecule has 100 valence electrons. The lowest BCUT2D eigenvalue weighted by molar-refractivity contribution is -0.146. The molecule has 0 aliphatic rings. The normalized spacial score (nSPS) is 11.7. The minimum absolute atomic E-state index is 0.422. The summed E-state index contributed by atoms with van der Waals surface area (Å²) in [4.78, 5) is 15.4. The number of benzene rings is 1. The number of hydrogen-bond acceptors (Lipinski definition) is 3. The minimum Gasteiger partial charge on any atom is -0.481 e. The van der Waals surface area contributed by atoms with Gasteiger partial charge in [-0.1, -0.05) is 24.3 Å². The maximum Gasteiger partial charge on any atom is 0.310 e. The topological polar surface area (TPSA) is 62.2 Å². The lowest BCUT2D eigenvalue weighted by Crippen LogP contribution is -2.35. The van der Waals surface area contributed by atoms with Crippen LogP contribution >= 0.6 is 0 Å². The maximum atomic E-state index is 11.0. The SMILES string of the molecule is CC(C)(CNCc1cccc2cccnc12)C(=O)O. The van der Waals surface area contributed by atoms with Crippen molar-refractivity contribution in [3.8, 4) is 0 Å². The molecule has 19 heavy (non-hydrogen) atoms. The second-order valence-corrected chi connectivity index (χ2v) is 5.28. The number of nitrogens with one attached hydrogen (secondary N) is 1. The van der Waals surface area contributed by atoms with Crippen molar-refractivity contribution in [1.29, 1.82) is 0 Å². The predicted molar refractivity (Wildman–Crippen MR) is 74.9 cm³/mol. The van der Waals surface area contributed by atoms with Crippen LogP contribution in [0.2, 0.25) is 0 Å². The summed E-state index contributed by atoms with van der Waals surface area (Å²) < 4.78 is 0. The zero-order valence-electron chi connectivity index (χ0n) is 11.2. The molecule has 2 rings (SSSR count). The molecule has 0 spiro atoms. The standard InChI is InChI=1S/C15H18N2O2/c1-15(2,14(18)19)10-16-9-12-6-3-5-11-7-4-8-17-13(11)12/h3-8,16H,9-10H2,1-2H3,(H,18,19). The Hall–Kier alpha value is -1.94. The van der Waals surface area contributed by atoms with E-state index in [0.717, 1.165) is 16.5 Å². The van der Waals surface area contributed by atoms with Gasteiger partial charge in [0.05, 0.1) is 10.9 Å². The summed E-state index contributed by atoms with van der Waals surface area (Å²) >= 11 is 0. The average molecular weight is 258 g/mol. The van der Waals surface area contributed by atoms with Gasteiger partial charge in [0.25, 0.3) is 0 Å². The Morgan fingerprint density at radius 2 is 2.05 bits per heavy atom. The van der Waals surface area contributed by atoms with Crippen LogP contribution in [0.5, 0.6) is 0 Å². The Balaban J connectivity index is 2.09. The molecule has 2 aromatic rings. The van der Waals surface area contributed by atoms with Crippen LogP contribution in [0, 0.1) is 5.41 Å². The first-order valence-corrected chi connectivity index (χ1v) is 6.27. The lowest BCUT2D eigenvalue weighted by atomic mass is 9.94. The van der Waals surface area contributed by atoms with E-state index in [1.54, 1.807) is 20.0 Å². The number of nitrogens with zero attached hydrogens (tertiary/aromatic N) is 1. The molecule has 0 bridgehead atoms. The highest BCUT2D eigenvalue weighted by atomic mass is 16.4. The number of pyridine rings is 1. The summed E-state index contributed by atoms with van der Waals surface area (Å²) in [7, 11) is 0. The molecular weight excluding hydrogens is 240 g/mol. The summed E-state index contributed by atoms with van der Waals surface area (Å²) in [6.07, 6.45) is 1.77. The zero-order chi connectivity index (χ0) is 13.9. The number of aliphatic carboxylic acids is 1. The monoisotopic (exact) mass is 258 g/mol. The van der Waals surface area contributed by atoms with Crippen molar-refractivity contribution in [2.75, 3.05) is 6.54 Å². The van der Waals surface area contributed by atoms with Gasteiger partial charge in [-0.2, -0.15) is 0 Å². The summed E-state index contributed by atoms with van der Waals surface area (Å²) in [6, 6.07) is 9.95. The fraction of sp³-hybridized carbons (Fsp3) is 0.333. The maximum absolute atomic E-state index is 11.0. The number of aromatic nitrogens is 1. The van der Waals surface area contributed by atoms with Crippen LogP contribution in [-0.4, -0.2) is 22.6 Å². The largest absolute Gasteiger partial charge is 0.481 e. The molecule has 1 aromatic carbocycles. The highest BCUT2D eigenvalue weighted by molar-refractivity contribution is 5.81. The molecule has 0 aliphatic heterocycles. The molecule has 4 heteroatoms. The minimum atomic E-state index is -0.795. The van der Waals surface area contributed by atoms with Gasteiger partial charge < -0.3 is 10.4 Å². The van der Waals surface area contributed by atoms with E-state index in [-0.39, 0.29) is 0 Å². The van der Waals surface area contributed by atoms with Gasteiger partial charge in [-0.3, -0.25) is 9.78 Å². The van der Waals surface area contributed by atoms with Crippen LogP contribution in [0.3, 0.4) is 0 Å². The molecule has 0 saturated carbocycles. The van der Waals surface area contributed by atoms with E-state index in [1.165, 1.54) is 0 Å². The molecule has 0 fully saturated rings. The van der Waals surface area contributed by atoms with Crippen molar-refractivity contribution < 1.29 is 9.90 Å². The molecule has 4 nitrogen and oxygen atoms in total.